The SMILES string of the molecule is C[n+]1ccc(C(=O)NCC(=O)O)cn1. The normalized spacial score (nSPS) is 9.50. The minimum Gasteiger partial charge on any atom is -0.480 e. The Morgan fingerprint density at radius 2 is 2.36 bits per heavy atom. The Kier molecular flexibility index (Phi) is 3.11. The van der Waals surface area contributed by atoms with Crippen molar-refractivity contribution in [3.8, 4) is 0 Å². The quantitative estimate of drug-likeness (QED) is 0.590. The Morgan fingerprint density at radius 3 is 2.86 bits per heavy atom. The number of amides is 1. The molecule has 6 nitrogen and oxygen atoms in total. The molecule has 0 aliphatic heterocycles. The van der Waals surface area contributed by atoms with Crippen molar-refractivity contribution in [1.29, 1.82) is 0 Å². The summed E-state index contributed by atoms with van der Waals surface area (Å²) < 4.78 is 1.54. The molecule has 1 aromatic rings. The molecule has 0 aliphatic carbocycles. The molecule has 0 saturated heterocycles. The van der Waals surface area contributed by atoms with Crippen LogP contribution in [-0.2, 0) is 11.8 Å². The monoisotopic (exact) mass is 196 g/mol. The van der Waals surface area contributed by atoms with E-state index in [1.54, 1.807) is 19.3 Å². The molecule has 0 fully saturated rings. The van der Waals surface area contributed by atoms with Crippen molar-refractivity contribution in [1.82, 2.24) is 10.4 Å². The Balaban J connectivity index is 2.61. The van der Waals surface area contributed by atoms with Gasteiger partial charge in [0.1, 0.15) is 12.7 Å². The number of nitrogens with zero attached hydrogens (tertiary/aromatic N) is 2. The molecular formula is C8H10N3O3+. The predicted molar refractivity (Wildman–Crippen MR) is 45.4 cm³/mol. The first-order valence-corrected chi connectivity index (χ1v) is 3.91. The third-order valence-corrected chi connectivity index (χ3v) is 1.51. The van der Waals surface area contributed by atoms with Gasteiger partial charge in [-0.2, -0.15) is 0 Å². The van der Waals surface area contributed by atoms with Gasteiger partial charge in [0.25, 0.3) is 5.91 Å². The fourth-order valence-corrected chi connectivity index (χ4v) is 0.815. The number of nitrogens with one attached hydrogen (secondary N) is 1. The highest BCUT2D eigenvalue weighted by molar-refractivity contribution is 5.95. The van der Waals surface area contributed by atoms with Crippen LogP contribution >= 0.6 is 0 Å². The van der Waals surface area contributed by atoms with Gasteiger partial charge in [0, 0.05) is 6.07 Å². The molecule has 1 amide bonds. The van der Waals surface area contributed by atoms with Gasteiger partial charge in [0.15, 0.2) is 13.2 Å². The second-order valence-electron chi connectivity index (χ2n) is 2.67. The molecule has 0 saturated carbocycles. The number of carbonyl (C=O) groups excluding carboxylic acids is 1. The topological polar surface area (TPSA) is 83.2 Å². The van der Waals surface area contributed by atoms with E-state index in [0.29, 0.717) is 5.56 Å². The van der Waals surface area contributed by atoms with Crippen molar-refractivity contribution in [3.63, 3.8) is 0 Å². The van der Waals surface area contributed by atoms with Crippen molar-refractivity contribution < 1.29 is 19.4 Å². The molecular weight excluding hydrogens is 186 g/mol. The van der Waals surface area contributed by atoms with Crippen molar-refractivity contribution in [3.05, 3.63) is 24.0 Å². The first kappa shape index (κ1) is 10.1. The molecule has 14 heavy (non-hydrogen) atoms. The summed E-state index contributed by atoms with van der Waals surface area (Å²) in [6.07, 6.45) is 2.98. The van der Waals surface area contributed by atoms with Crippen LogP contribution in [0.1, 0.15) is 10.4 Å². The third kappa shape index (κ3) is 2.81. The maximum atomic E-state index is 11.2. The van der Waals surface area contributed by atoms with Gasteiger partial charge < -0.3 is 10.4 Å². The van der Waals surface area contributed by atoms with E-state index >= 15 is 0 Å². The van der Waals surface area contributed by atoms with E-state index in [-0.39, 0.29) is 6.54 Å². The second kappa shape index (κ2) is 4.31. The zero-order valence-corrected chi connectivity index (χ0v) is 7.60. The summed E-state index contributed by atoms with van der Waals surface area (Å²) in [5, 5.41) is 14.4. The smallest absolute Gasteiger partial charge is 0.322 e. The summed E-state index contributed by atoms with van der Waals surface area (Å²) in [6.45, 7) is -0.389. The highest BCUT2D eigenvalue weighted by Crippen LogP contribution is 1.91. The molecule has 0 aromatic carbocycles. The van der Waals surface area contributed by atoms with Gasteiger partial charge in [-0.25, -0.2) is 0 Å². The number of aliphatic carboxylic acids is 1. The first-order valence-electron chi connectivity index (χ1n) is 3.91. The van der Waals surface area contributed by atoms with Crippen LogP contribution in [0.25, 0.3) is 0 Å². The lowest BCUT2D eigenvalue weighted by atomic mass is 10.3. The van der Waals surface area contributed by atoms with E-state index in [9.17, 15) is 9.59 Å². The molecule has 0 bridgehead atoms. The Hall–Kier alpha value is -1.98. The number of aryl methyl sites for hydroxylation is 1. The molecule has 6 heteroatoms. The number of hydrogen-bond acceptors (Lipinski definition) is 3. The Bertz CT molecular complexity index is 347. The molecule has 0 radical (unpaired) electrons. The highest BCUT2D eigenvalue weighted by atomic mass is 16.4. The van der Waals surface area contributed by atoms with Crippen molar-refractivity contribution >= 4 is 11.9 Å². The van der Waals surface area contributed by atoms with Gasteiger partial charge in [0.2, 0.25) is 0 Å². The molecule has 1 heterocycles. The maximum absolute atomic E-state index is 11.2. The molecule has 0 spiro atoms. The lowest BCUT2D eigenvalue weighted by molar-refractivity contribution is -0.730. The zero-order valence-electron chi connectivity index (χ0n) is 7.60. The largest absolute Gasteiger partial charge is 0.480 e. The molecule has 2 N–H and O–H groups in total. The minimum absolute atomic E-state index is 0.337. The van der Waals surface area contributed by atoms with Gasteiger partial charge in [-0.15, -0.1) is 0 Å². The number of carboxylic acids is 1. The van der Waals surface area contributed by atoms with E-state index in [0.717, 1.165) is 0 Å². The number of hydrogen-bond donors (Lipinski definition) is 2. The third-order valence-electron chi connectivity index (χ3n) is 1.51. The van der Waals surface area contributed by atoms with E-state index < -0.39 is 11.9 Å². The molecule has 0 atom stereocenters. The molecule has 1 rings (SSSR count). The second-order valence-corrected chi connectivity index (χ2v) is 2.67. The van der Waals surface area contributed by atoms with E-state index in [1.807, 2.05) is 0 Å². The standard InChI is InChI=1S/C8H9N3O3/c1-11-3-2-6(4-10-11)8(14)9-5-7(12)13/h2-4H,5H2,1H3,(H-,9,12,13,14)/p+1. The van der Waals surface area contributed by atoms with E-state index in [4.69, 9.17) is 5.11 Å². The fourth-order valence-electron chi connectivity index (χ4n) is 0.815. The summed E-state index contributed by atoms with van der Waals surface area (Å²) in [5.41, 5.74) is 0.337. The average Bonchev–Trinajstić information content (AvgIpc) is 2.15. The lowest BCUT2D eigenvalue weighted by Crippen LogP contribution is -2.34. The van der Waals surface area contributed by atoms with Gasteiger partial charge in [-0.1, -0.05) is 4.68 Å². The molecule has 1 aromatic heterocycles. The van der Waals surface area contributed by atoms with Gasteiger partial charge in [0.05, 0.1) is 5.56 Å². The van der Waals surface area contributed by atoms with Crippen LogP contribution < -0.4 is 10.00 Å². The van der Waals surface area contributed by atoms with Crippen LogP contribution in [0.15, 0.2) is 18.5 Å². The summed E-state index contributed by atoms with van der Waals surface area (Å²) >= 11 is 0. The summed E-state index contributed by atoms with van der Waals surface area (Å²) in [5.74, 6) is -1.52. The van der Waals surface area contributed by atoms with Crippen molar-refractivity contribution in [2.75, 3.05) is 6.54 Å². The number of aromatic nitrogens is 2. The fraction of sp³-hybridized carbons (Fsp3) is 0.250. The molecule has 74 valence electrons. The summed E-state index contributed by atoms with van der Waals surface area (Å²) in [4.78, 5) is 21.4. The van der Waals surface area contributed by atoms with Crippen LogP contribution in [0.4, 0.5) is 0 Å². The number of rotatable bonds is 3. The van der Waals surface area contributed by atoms with Crippen LogP contribution in [0, 0.1) is 0 Å². The van der Waals surface area contributed by atoms with E-state index in [1.165, 1.54) is 10.9 Å². The number of carboxylic acid groups (broad SMARTS) is 1. The summed E-state index contributed by atoms with van der Waals surface area (Å²) in [7, 11) is 1.72. The average molecular weight is 196 g/mol. The van der Waals surface area contributed by atoms with Crippen molar-refractivity contribution in [2.45, 2.75) is 0 Å². The lowest BCUT2D eigenvalue weighted by Gasteiger charge is -1.99. The Labute approximate surface area is 80.2 Å². The van der Waals surface area contributed by atoms with Gasteiger partial charge in [-0.05, 0) is 5.10 Å². The van der Waals surface area contributed by atoms with Gasteiger partial charge >= 0.3 is 5.97 Å². The summed E-state index contributed by atoms with van der Waals surface area (Å²) in [6, 6.07) is 1.56. The Morgan fingerprint density at radius 1 is 1.64 bits per heavy atom. The van der Waals surface area contributed by atoms with Gasteiger partial charge in [-0.3, -0.25) is 9.59 Å². The zero-order chi connectivity index (χ0) is 10.6. The molecule has 0 unspecified atom stereocenters. The van der Waals surface area contributed by atoms with Crippen LogP contribution in [0.3, 0.4) is 0 Å². The van der Waals surface area contributed by atoms with Crippen LogP contribution in [0.5, 0.6) is 0 Å². The predicted octanol–water partition coefficient (Wildman–Crippen LogP) is -1.28. The maximum Gasteiger partial charge on any atom is 0.322 e. The highest BCUT2D eigenvalue weighted by Gasteiger charge is 2.08. The van der Waals surface area contributed by atoms with Crippen LogP contribution in [-0.4, -0.2) is 28.6 Å². The van der Waals surface area contributed by atoms with Crippen LogP contribution in [0.2, 0.25) is 0 Å². The molecule has 0 aliphatic rings. The van der Waals surface area contributed by atoms with Crippen molar-refractivity contribution in [2.24, 2.45) is 7.05 Å². The number of carbonyl (C=O) groups is 2. The minimum atomic E-state index is -1.08. The van der Waals surface area contributed by atoms with E-state index in [2.05, 4.69) is 10.4 Å². The first-order chi connectivity index (χ1) is 6.59.